The third kappa shape index (κ3) is 5.38. The topological polar surface area (TPSA) is 56.5 Å². The molecule has 0 aliphatic rings. The van der Waals surface area contributed by atoms with E-state index < -0.39 is 11.8 Å². The van der Waals surface area contributed by atoms with Gasteiger partial charge in [0.2, 0.25) is 5.78 Å². The molecule has 0 radical (unpaired) electrons. The number of carbonyl (C=O) groups excluding carboxylic acids is 2. The summed E-state index contributed by atoms with van der Waals surface area (Å²) < 4.78 is 9.44. The van der Waals surface area contributed by atoms with Gasteiger partial charge in [-0.15, -0.1) is 0 Å². The third-order valence-corrected chi connectivity index (χ3v) is 1.86. The number of methoxy groups -OCH3 is 1. The first-order valence-corrected chi connectivity index (χ1v) is 5.03. The van der Waals surface area contributed by atoms with Crippen LogP contribution in [-0.4, -0.2) is 18.9 Å². The Bertz CT molecular complexity index is 457. The van der Waals surface area contributed by atoms with Crippen LogP contribution in [0.4, 0.5) is 0 Å². The highest BCUT2D eigenvalue weighted by Crippen LogP contribution is 2.02. The SMILES string of the molecule is COC(=O)/C=C/C(=O)C#CCCc1ccco1. The summed E-state index contributed by atoms with van der Waals surface area (Å²) in [6.07, 6.45) is 4.92. The van der Waals surface area contributed by atoms with E-state index in [0.717, 1.165) is 17.9 Å². The zero-order valence-electron chi connectivity index (χ0n) is 9.43. The molecule has 17 heavy (non-hydrogen) atoms. The number of allylic oxidation sites excluding steroid dienone is 1. The van der Waals surface area contributed by atoms with E-state index in [2.05, 4.69) is 16.6 Å². The quantitative estimate of drug-likeness (QED) is 0.342. The lowest BCUT2D eigenvalue weighted by molar-refractivity contribution is -0.135. The van der Waals surface area contributed by atoms with Crippen LogP contribution in [0, 0.1) is 11.8 Å². The molecule has 4 heteroatoms. The summed E-state index contributed by atoms with van der Waals surface area (Å²) in [6.45, 7) is 0. The lowest BCUT2D eigenvalue weighted by atomic mass is 10.2. The first-order valence-electron chi connectivity index (χ1n) is 5.03. The van der Waals surface area contributed by atoms with Gasteiger partial charge in [0.15, 0.2) is 0 Å². The highest BCUT2D eigenvalue weighted by atomic mass is 16.5. The first kappa shape index (κ1) is 12.8. The minimum atomic E-state index is -0.573. The third-order valence-electron chi connectivity index (χ3n) is 1.86. The fraction of sp³-hybridized carbons (Fsp3) is 0.231. The Morgan fingerprint density at radius 3 is 2.94 bits per heavy atom. The van der Waals surface area contributed by atoms with Crippen molar-refractivity contribution in [3.63, 3.8) is 0 Å². The van der Waals surface area contributed by atoms with E-state index in [9.17, 15) is 9.59 Å². The molecule has 0 fully saturated rings. The number of ketones is 1. The maximum Gasteiger partial charge on any atom is 0.330 e. The Morgan fingerprint density at radius 2 is 2.29 bits per heavy atom. The lowest BCUT2D eigenvalue weighted by Gasteiger charge is -1.88. The summed E-state index contributed by atoms with van der Waals surface area (Å²) in [5, 5.41) is 0. The van der Waals surface area contributed by atoms with E-state index in [-0.39, 0.29) is 0 Å². The molecule has 0 saturated heterocycles. The first-order chi connectivity index (χ1) is 8.22. The minimum absolute atomic E-state index is 0.421. The lowest BCUT2D eigenvalue weighted by Crippen LogP contribution is -1.96. The van der Waals surface area contributed by atoms with Crippen molar-refractivity contribution in [3.8, 4) is 11.8 Å². The predicted octanol–water partition coefficient (Wildman–Crippen LogP) is 1.51. The molecule has 0 aliphatic heterocycles. The van der Waals surface area contributed by atoms with Gasteiger partial charge in [0, 0.05) is 25.0 Å². The molecule has 1 rings (SSSR count). The number of aryl methyl sites for hydroxylation is 1. The van der Waals surface area contributed by atoms with Gasteiger partial charge in [-0.05, 0) is 18.1 Å². The van der Waals surface area contributed by atoms with Crippen LogP contribution in [0.3, 0.4) is 0 Å². The van der Waals surface area contributed by atoms with Crippen molar-refractivity contribution >= 4 is 11.8 Å². The normalized spacial score (nSPS) is 9.71. The van der Waals surface area contributed by atoms with Crippen LogP contribution in [0.15, 0.2) is 35.0 Å². The molecule has 0 aliphatic carbocycles. The molecule has 0 spiro atoms. The number of furan rings is 1. The van der Waals surface area contributed by atoms with E-state index in [1.807, 2.05) is 6.07 Å². The zero-order chi connectivity index (χ0) is 12.5. The van der Waals surface area contributed by atoms with Crippen LogP contribution in [0.25, 0.3) is 0 Å². The van der Waals surface area contributed by atoms with Crippen molar-refractivity contribution < 1.29 is 18.7 Å². The van der Waals surface area contributed by atoms with Crippen molar-refractivity contribution in [1.29, 1.82) is 0 Å². The summed E-state index contributed by atoms with van der Waals surface area (Å²) in [5.74, 6) is 4.94. The second kappa shape index (κ2) is 7.07. The second-order valence-electron chi connectivity index (χ2n) is 3.10. The molecule has 0 amide bonds. The maximum atomic E-state index is 11.1. The highest BCUT2D eigenvalue weighted by Gasteiger charge is 1.94. The zero-order valence-corrected chi connectivity index (χ0v) is 9.43. The summed E-state index contributed by atoms with van der Waals surface area (Å²) in [4.78, 5) is 21.8. The standard InChI is InChI=1S/C13H12O4/c1-16-13(15)9-8-11(14)5-2-3-6-12-7-4-10-17-12/h4,7-10H,3,6H2,1H3/b9-8+. The summed E-state index contributed by atoms with van der Waals surface area (Å²) in [5.41, 5.74) is 0. The number of ether oxygens (including phenoxy) is 1. The molecule has 0 bridgehead atoms. The largest absolute Gasteiger partial charge is 0.469 e. The average molecular weight is 232 g/mol. The number of carbonyl (C=O) groups is 2. The molecule has 0 unspecified atom stereocenters. The maximum absolute atomic E-state index is 11.1. The number of hydrogen-bond donors (Lipinski definition) is 0. The fourth-order valence-corrected chi connectivity index (χ4v) is 1.04. The van der Waals surface area contributed by atoms with E-state index in [1.165, 1.54) is 7.11 Å². The van der Waals surface area contributed by atoms with Crippen LogP contribution in [0.5, 0.6) is 0 Å². The van der Waals surface area contributed by atoms with Crippen LogP contribution in [0.2, 0.25) is 0 Å². The van der Waals surface area contributed by atoms with Gasteiger partial charge in [-0.25, -0.2) is 4.79 Å². The van der Waals surface area contributed by atoms with E-state index in [4.69, 9.17) is 4.42 Å². The van der Waals surface area contributed by atoms with Crippen LogP contribution < -0.4 is 0 Å². The molecule has 1 aromatic heterocycles. The molecular weight excluding hydrogens is 220 g/mol. The van der Waals surface area contributed by atoms with E-state index in [1.54, 1.807) is 12.3 Å². The second-order valence-corrected chi connectivity index (χ2v) is 3.10. The van der Waals surface area contributed by atoms with Gasteiger partial charge in [0.25, 0.3) is 0 Å². The van der Waals surface area contributed by atoms with Crippen LogP contribution in [-0.2, 0) is 20.7 Å². The van der Waals surface area contributed by atoms with Gasteiger partial charge in [-0.1, -0.05) is 5.92 Å². The molecular formula is C13H12O4. The summed E-state index contributed by atoms with van der Waals surface area (Å²) in [6, 6.07) is 3.65. The van der Waals surface area contributed by atoms with Gasteiger partial charge in [-0.2, -0.15) is 0 Å². The van der Waals surface area contributed by atoms with Crippen LogP contribution in [0.1, 0.15) is 12.2 Å². The number of esters is 1. The Hall–Kier alpha value is -2.28. The Labute approximate surface area is 99.3 Å². The molecule has 4 nitrogen and oxygen atoms in total. The van der Waals surface area contributed by atoms with E-state index >= 15 is 0 Å². The monoisotopic (exact) mass is 232 g/mol. The Morgan fingerprint density at radius 1 is 1.47 bits per heavy atom. The Balaban J connectivity index is 2.32. The molecule has 0 aromatic carbocycles. The molecule has 0 saturated carbocycles. The van der Waals surface area contributed by atoms with Crippen molar-refractivity contribution in [2.75, 3.05) is 7.11 Å². The molecule has 1 heterocycles. The van der Waals surface area contributed by atoms with Crippen LogP contribution >= 0.6 is 0 Å². The number of hydrogen-bond acceptors (Lipinski definition) is 4. The van der Waals surface area contributed by atoms with E-state index in [0.29, 0.717) is 12.8 Å². The predicted molar refractivity (Wildman–Crippen MR) is 61.0 cm³/mol. The van der Waals surface area contributed by atoms with Gasteiger partial charge >= 0.3 is 5.97 Å². The van der Waals surface area contributed by atoms with Gasteiger partial charge in [-0.3, -0.25) is 4.79 Å². The Kier molecular flexibility index (Phi) is 5.32. The van der Waals surface area contributed by atoms with Gasteiger partial charge < -0.3 is 9.15 Å². The molecule has 0 atom stereocenters. The molecule has 0 N–H and O–H groups in total. The van der Waals surface area contributed by atoms with Crippen molar-refractivity contribution in [2.24, 2.45) is 0 Å². The van der Waals surface area contributed by atoms with Crippen molar-refractivity contribution in [1.82, 2.24) is 0 Å². The summed E-state index contributed by atoms with van der Waals surface area (Å²) in [7, 11) is 1.24. The smallest absolute Gasteiger partial charge is 0.330 e. The summed E-state index contributed by atoms with van der Waals surface area (Å²) >= 11 is 0. The highest BCUT2D eigenvalue weighted by molar-refractivity contribution is 6.06. The van der Waals surface area contributed by atoms with Crippen molar-refractivity contribution in [2.45, 2.75) is 12.8 Å². The van der Waals surface area contributed by atoms with Crippen molar-refractivity contribution in [3.05, 3.63) is 36.3 Å². The number of rotatable bonds is 4. The fourth-order valence-electron chi connectivity index (χ4n) is 1.04. The molecule has 1 aromatic rings. The molecule has 88 valence electrons. The van der Waals surface area contributed by atoms with Gasteiger partial charge in [0.05, 0.1) is 13.4 Å². The van der Waals surface area contributed by atoms with Gasteiger partial charge in [0.1, 0.15) is 5.76 Å². The minimum Gasteiger partial charge on any atom is -0.469 e. The average Bonchev–Trinajstić information content (AvgIpc) is 2.84.